The summed E-state index contributed by atoms with van der Waals surface area (Å²) in [5, 5.41) is 2.76. The van der Waals surface area contributed by atoms with Gasteiger partial charge < -0.3 is 10.1 Å². The minimum absolute atomic E-state index is 0.0547. The first-order valence-electron chi connectivity index (χ1n) is 9.36. The van der Waals surface area contributed by atoms with Crippen LogP contribution in [0.5, 0.6) is 5.75 Å². The van der Waals surface area contributed by atoms with Crippen LogP contribution in [-0.2, 0) is 11.6 Å². The Bertz CT molecular complexity index is 941. The van der Waals surface area contributed by atoms with Crippen molar-refractivity contribution in [2.24, 2.45) is 0 Å². The molecule has 3 rings (SSSR count). The molecule has 0 aliphatic heterocycles. The van der Waals surface area contributed by atoms with Crippen LogP contribution in [0.25, 0.3) is 0 Å². The molecule has 11 heteroatoms. The molecule has 168 valence electrons. The van der Waals surface area contributed by atoms with E-state index in [0.29, 0.717) is 0 Å². The summed E-state index contributed by atoms with van der Waals surface area (Å²) >= 11 is 6.16. The van der Waals surface area contributed by atoms with Crippen LogP contribution in [0.2, 0.25) is 5.02 Å². The molecule has 1 fully saturated rings. The number of hydrogen-bond donors (Lipinski definition) is 1. The van der Waals surface area contributed by atoms with Gasteiger partial charge in [0, 0.05) is 37.2 Å². The van der Waals surface area contributed by atoms with Crippen molar-refractivity contribution in [1.82, 2.24) is 15.3 Å². The van der Waals surface area contributed by atoms with E-state index in [2.05, 4.69) is 15.3 Å². The van der Waals surface area contributed by atoms with Crippen LogP contribution in [0.1, 0.15) is 47.4 Å². The monoisotopic (exact) mass is 463 g/mol. The molecule has 0 bridgehead atoms. The summed E-state index contributed by atoms with van der Waals surface area (Å²) in [5.74, 6) is -4.47. The van der Waals surface area contributed by atoms with E-state index in [1.54, 1.807) is 12.1 Å². The fourth-order valence-corrected chi connectivity index (χ4v) is 3.89. The van der Waals surface area contributed by atoms with E-state index in [1.165, 1.54) is 13.2 Å². The van der Waals surface area contributed by atoms with Crippen molar-refractivity contribution in [3.8, 4) is 5.75 Å². The van der Waals surface area contributed by atoms with Crippen LogP contribution >= 0.6 is 11.6 Å². The summed E-state index contributed by atoms with van der Waals surface area (Å²) in [6.07, 6.45) is -3.79. The zero-order chi connectivity index (χ0) is 22.9. The van der Waals surface area contributed by atoms with Crippen LogP contribution in [-0.4, -0.2) is 35.5 Å². The number of methoxy groups -OCH3 is 1. The molecule has 0 radical (unpaired) electrons. The Hall–Kier alpha value is -2.49. The molecule has 1 N–H and O–H groups in total. The van der Waals surface area contributed by atoms with Crippen molar-refractivity contribution in [2.45, 2.75) is 43.2 Å². The number of benzene rings is 1. The predicted molar refractivity (Wildman–Crippen MR) is 102 cm³/mol. The minimum Gasteiger partial charge on any atom is -0.495 e. The Balaban J connectivity index is 1.86. The van der Waals surface area contributed by atoms with Crippen molar-refractivity contribution in [3.05, 3.63) is 52.6 Å². The third-order valence-corrected chi connectivity index (χ3v) is 5.86. The van der Waals surface area contributed by atoms with Crippen molar-refractivity contribution in [2.75, 3.05) is 13.7 Å². The van der Waals surface area contributed by atoms with Gasteiger partial charge in [-0.25, -0.2) is 18.7 Å². The topological polar surface area (TPSA) is 64.1 Å². The van der Waals surface area contributed by atoms with Crippen molar-refractivity contribution in [3.63, 3.8) is 0 Å². The Morgan fingerprint density at radius 2 is 1.77 bits per heavy atom. The lowest BCUT2D eigenvalue weighted by Crippen LogP contribution is -2.45. The molecular weight excluding hydrogens is 445 g/mol. The molecule has 0 saturated heterocycles. The normalized spacial score (nSPS) is 17.8. The Morgan fingerprint density at radius 3 is 2.32 bits per heavy atom. The number of amides is 1. The van der Waals surface area contributed by atoms with Crippen molar-refractivity contribution >= 4 is 17.5 Å². The van der Waals surface area contributed by atoms with E-state index >= 15 is 0 Å². The maximum Gasteiger partial charge on any atom is 0.451 e. The molecule has 1 aliphatic carbocycles. The molecule has 31 heavy (non-hydrogen) atoms. The highest BCUT2D eigenvalue weighted by molar-refractivity contribution is 6.35. The molecule has 1 aromatic heterocycles. The van der Waals surface area contributed by atoms with E-state index in [1.807, 2.05) is 0 Å². The lowest BCUT2D eigenvalue weighted by Gasteiger charge is -2.40. The number of ether oxygens (including phenoxy) is 1. The smallest absolute Gasteiger partial charge is 0.451 e. The molecular formula is C20H19ClF5N3O2. The minimum atomic E-state index is -4.72. The highest BCUT2D eigenvalue weighted by Gasteiger charge is 2.45. The number of aromatic nitrogens is 2. The first kappa shape index (κ1) is 23.2. The van der Waals surface area contributed by atoms with Gasteiger partial charge in [0.15, 0.2) is 0 Å². The third-order valence-electron chi connectivity index (χ3n) is 5.47. The van der Waals surface area contributed by atoms with Gasteiger partial charge >= 0.3 is 6.18 Å². The highest BCUT2D eigenvalue weighted by atomic mass is 35.5. The standard InChI is InChI=1S/C20H19ClF5N3O2/c1-31-14-4-2-3-13(15(14)21)16(30)29-11-18(5-7-19(22,23)8-6-18)12-9-27-17(28-10-12)20(24,25)26/h2-4,9-10H,5-8,11H2,1H3,(H,29,30). The number of carbonyl (C=O) groups is 1. The van der Waals surface area contributed by atoms with E-state index in [9.17, 15) is 26.7 Å². The van der Waals surface area contributed by atoms with Gasteiger partial charge in [0.05, 0.1) is 17.7 Å². The molecule has 0 atom stereocenters. The molecule has 1 saturated carbocycles. The van der Waals surface area contributed by atoms with Crippen LogP contribution in [0, 0.1) is 0 Å². The number of alkyl halides is 5. The molecule has 2 aromatic rings. The average Bonchev–Trinajstić information content (AvgIpc) is 2.73. The lowest BCUT2D eigenvalue weighted by atomic mass is 9.69. The van der Waals surface area contributed by atoms with Gasteiger partial charge in [-0.3, -0.25) is 4.79 Å². The van der Waals surface area contributed by atoms with E-state index < -0.39 is 42.1 Å². The second-order valence-electron chi connectivity index (χ2n) is 7.43. The van der Waals surface area contributed by atoms with Crippen LogP contribution in [0.3, 0.4) is 0 Å². The largest absolute Gasteiger partial charge is 0.495 e. The number of nitrogens with one attached hydrogen (secondary N) is 1. The van der Waals surface area contributed by atoms with Gasteiger partial charge in [-0.05, 0) is 30.5 Å². The van der Waals surface area contributed by atoms with E-state index in [4.69, 9.17) is 16.3 Å². The van der Waals surface area contributed by atoms with Gasteiger partial charge in [-0.2, -0.15) is 13.2 Å². The summed E-state index contributed by atoms with van der Waals surface area (Å²) in [5.41, 5.74) is -0.652. The quantitative estimate of drug-likeness (QED) is 0.631. The number of nitrogens with zero attached hydrogens (tertiary/aromatic N) is 2. The maximum absolute atomic E-state index is 13.8. The maximum atomic E-state index is 13.8. The summed E-state index contributed by atoms with van der Waals surface area (Å²) in [4.78, 5) is 19.4. The Kier molecular flexibility index (Phi) is 6.40. The summed E-state index contributed by atoms with van der Waals surface area (Å²) in [6.45, 7) is -0.0931. The third kappa shape index (κ3) is 5.06. The van der Waals surface area contributed by atoms with Gasteiger partial charge in [0.25, 0.3) is 5.91 Å². The van der Waals surface area contributed by atoms with E-state index in [0.717, 1.165) is 12.4 Å². The van der Waals surface area contributed by atoms with Crippen molar-refractivity contribution in [1.29, 1.82) is 0 Å². The number of rotatable bonds is 5. The number of halogens is 6. The lowest BCUT2D eigenvalue weighted by molar-refractivity contribution is -0.145. The van der Waals surface area contributed by atoms with Gasteiger partial charge in [0.2, 0.25) is 11.7 Å². The Morgan fingerprint density at radius 1 is 1.16 bits per heavy atom. The fourth-order valence-electron chi connectivity index (χ4n) is 3.60. The second kappa shape index (κ2) is 8.57. The van der Waals surface area contributed by atoms with Crippen LogP contribution in [0.15, 0.2) is 30.6 Å². The summed E-state index contributed by atoms with van der Waals surface area (Å²) in [6, 6.07) is 4.62. The first-order valence-corrected chi connectivity index (χ1v) is 9.73. The van der Waals surface area contributed by atoms with Crippen LogP contribution < -0.4 is 10.1 Å². The zero-order valence-electron chi connectivity index (χ0n) is 16.4. The molecule has 1 aliphatic rings. The van der Waals surface area contributed by atoms with Gasteiger partial charge in [-0.1, -0.05) is 17.7 Å². The van der Waals surface area contributed by atoms with Crippen molar-refractivity contribution < 1.29 is 31.5 Å². The van der Waals surface area contributed by atoms with E-state index in [-0.39, 0.29) is 41.3 Å². The second-order valence-corrected chi connectivity index (χ2v) is 7.81. The molecule has 0 spiro atoms. The number of hydrogen-bond acceptors (Lipinski definition) is 4. The zero-order valence-corrected chi connectivity index (χ0v) is 17.2. The fraction of sp³-hybridized carbons (Fsp3) is 0.450. The first-order chi connectivity index (χ1) is 14.5. The Labute approximate surface area is 180 Å². The SMILES string of the molecule is COc1cccc(C(=O)NCC2(c3cnc(C(F)(F)F)nc3)CCC(F)(F)CC2)c1Cl. The molecule has 1 heterocycles. The predicted octanol–water partition coefficient (Wildman–Crippen LogP) is 5.03. The average molecular weight is 464 g/mol. The van der Waals surface area contributed by atoms with Crippen LogP contribution in [0.4, 0.5) is 22.0 Å². The molecule has 1 aromatic carbocycles. The molecule has 5 nitrogen and oxygen atoms in total. The molecule has 1 amide bonds. The highest BCUT2D eigenvalue weighted by Crippen LogP contribution is 2.45. The summed E-state index contributed by atoms with van der Waals surface area (Å²) < 4.78 is 71.0. The summed E-state index contributed by atoms with van der Waals surface area (Å²) in [7, 11) is 1.39. The van der Waals surface area contributed by atoms with Gasteiger partial charge in [-0.15, -0.1) is 0 Å². The molecule has 0 unspecified atom stereocenters. The number of carbonyl (C=O) groups excluding carboxylic acids is 1. The van der Waals surface area contributed by atoms with Gasteiger partial charge in [0.1, 0.15) is 5.75 Å².